The van der Waals surface area contributed by atoms with Gasteiger partial charge in [-0.15, -0.1) is 0 Å². The molecule has 0 unspecified atom stereocenters. The summed E-state index contributed by atoms with van der Waals surface area (Å²) in [4.78, 5) is 12.0. The van der Waals surface area contributed by atoms with Crippen LogP contribution in [0.5, 0.6) is 11.5 Å². The molecule has 0 radical (unpaired) electrons. The Morgan fingerprint density at radius 2 is 1.09 bits per heavy atom. The number of furan rings is 1. The molecule has 0 bridgehead atoms. The third kappa shape index (κ3) is 14.4. The number of carbonyl (C=O) groups is 1. The molecule has 33 heavy (non-hydrogen) atoms. The van der Waals surface area contributed by atoms with Crippen molar-refractivity contribution in [3.63, 3.8) is 0 Å². The zero-order valence-electron chi connectivity index (χ0n) is 22.0. The highest BCUT2D eigenvalue weighted by atomic mass is 16.6. The van der Waals surface area contributed by atoms with Crippen LogP contribution in [-0.2, 0) is 11.2 Å². The number of carbonyl (C=O) groups excluding carboxylic acids is 1. The Hall–Kier alpha value is -1.45. The van der Waals surface area contributed by atoms with E-state index in [0.717, 1.165) is 12.8 Å². The number of aryl methyl sites for hydroxylation is 2. The Labute approximate surface area is 203 Å². The van der Waals surface area contributed by atoms with Gasteiger partial charge in [-0.25, -0.2) is 0 Å². The van der Waals surface area contributed by atoms with Gasteiger partial charge in [0.15, 0.2) is 5.76 Å². The number of unbranched alkanes of at least 4 members (excludes halogenated alkanes) is 18. The van der Waals surface area contributed by atoms with E-state index in [-0.39, 0.29) is 17.5 Å². The molecule has 0 saturated heterocycles. The molecule has 1 aromatic rings. The van der Waals surface area contributed by atoms with E-state index in [4.69, 9.17) is 9.15 Å². The highest BCUT2D eigenvalue weighted by Gasteiger charge is 2.20. The maximum Gasteiger partial charge on any atom is 0.311 e. The van der Waals surface area contributed by atoms with Crippen LogP contribution in [0.2, 0.25) is 0 Å². The van der Waals surface area contributed by atoms with Crippen molar-refractivity contribution >= 4 is 5.97 Å². The predicted molar refractivity (Wildman–Crippen MR) is 138 cm³/mol. The zero-order chi connectivity index (χ0) is 24.2. The minimum absolute atomic E-state index is 0.0478. The molecule has 0 aliphatic heterocycles. The Balaban J connectivity index is 1.84. The van der Waals surface area contributed by atoms with Gasteiger partial charge < -0.3 is 14.3 Å². The molecule has 0 aliphatic rings. The highest BCUT2D eigenvalue weighted by molar-refractivity contribution is 5.73. The van der Waals surface area contributed by atoms with Crippen molar-refractivity contribution in [2.45, 2.75) is 156 Å². The summed E-state index contributed by atoms with van der Waals surface area (Å²) in [5.41, 5.74) is 0. The lowest BCUT2D eigenvalue weighted by molar-refractivity contribution is -0.134. The van der Waals surface area contributed by atoms with Gasteiger partial charge >= 0.3 is 5.97 Å². The van der Waals surface area contributed by atoms with Crippen LogP contribution in [0.25, 0.3) is 0 Å². The molecule has 1 heterocycles. The molecule has 4 nitrogen and oxygen atoms in total. The molecule has 0 saturated carbocycles. The molecule has 1 N–H and O–H groups in total. The molecule has 0 atom stereocenters. The third-order valence-electron chi connectivity index (χ3n) is 6.60. The molecule has 1 rings (SSSR count). The van der Waals surface area contributed by atoms with E-state index in [0.29, 0.717) is 24.4 Å². The first-order chi connectivity index (χ1) is 16.1. The van der Waals surface area contributed by atoms with Crippen LogP contribution < -0.4 is 4.74 Å². The normalized spacial score (nSPS) is 11.2. The highest BCUT2D eigenvalue weighted by Crippen LogP contribution is 2.37. The molecule has 0 aliphatic carbocycles. The van der Waals surface area contributed by atoms with Crippen molar-refractivity contribution in [1.29, 1.82) is 0 Å². The second-order valence-electron chi connectivity index (χ2n) is 9.70. The van der Waals surface area contributed by atoms with Crippen LogP contribution in [0.4, 0.5) is 0 Å². The maximum absolute atomic E-state index is 12.0. The topological polar surface area (TPSA) is 59.7 Å². The average Bonchev–Trinajstić information content (AvgIpc) is 3.08. The number of hydrogen-bond acceptors (Lipinski definition) is 4. The Kier molecular flexibility index (Phi) is 17.9. The molecular weight excluding hydrogens is 412 g/mol. The lowest BCUT2D eigenvalue weighted by Gasteiger charge is -2.05. The predicted octanol–water partition coefficient (Wildman–Crippen LogP) is 9.58. The van der Waals surface area contributed by atoms with Gasteiger partial charge in [0, 0.05) is 12.8 Å². The minimum atomic E-state index is -0.284. The van der Waals surface area contributed by atoms with Gasteiger partial charge in [0.1, 0.15) is 5.76 Å². The third-order valence-corrected chi connectivity index (χ3v) is 6.60. The molecule has 192 valence electrons. The van der Waals surface area contributed by atoms with Gasteiger partial charge in [-0.1, -0.05) is 129 Å². The largest absolute Gasteiger partial charge is 0.502 e. The smallest absolute Gasteiger partial charge is 0.311 e. The fraction of sp³-hybridized carbons (Fsp3) is 0.828. The van der Waals surface area contributed by atoms with E-state index in [1.54, 1.807) is 6.92 Å². The average molecular weight is 465 g/mol. The van der Waals surface area contributed by atoms with Gasteiger partial charge in [0.05, 0.1) is 0 Å². The van der Waals surface area contributed by atoms with E-state index < -0.39 is 0 Å². The van der Waals surface area contributed by atoms with Crippen molar-refractivity contribution in [3.8, 4) is 11.5 Å². The standard InChI is InChI=1S/C29H52O4/c1-4-6-7-8-9-10-11-12-13-14-15-16-17-18-19-20-21-22-23-24-27(30)33-29-26(5-2)32-25(3)28(29)31/h31H,4-24H2,1-3H3. The summed E-state index contributed by atoms with van der Waals surface area (Å²) in [5, 5.41) is 9.96. The zero-order valence-corrected chi connectivity index (χ0v) is 22.0. The van der Waals surface area contributed by atoms with E-state index in [1.165, 1.54) is 109 Å². The SMILES string of the molecule is CCCCCCCCCCCCCCCCCCCCCC(=O)Oc1c(CC)oc(C)c1O. The van der Waals surface area contributed by atoms with Gasteiger partial charge in [0.2, 0.25) is 11.5 Å². The summed E-state index contributed by atoms with van der Waals surface area (Å²) in [6, 6.07) is 0. The molecule has 0 amide bonds. The molecular formula is C29H52O4. The Morgan fingerprint density at radius 3 is 1.48 bits per heavy atom. The van der Waals surface area contributed by atoms with Gasteiger partial charge in [-0.05, 0) is 13.3 Å². The minimum Gasteiger partial charge on any atom is -0.502 e. The Morgan fingerprint density at radius 1 is 0.697 bits per heavy atom. The number of ether oxygens (including phenoxy) is 1. The van der Waals surface area contributed by atoms with E-state index >= 15 is 0 Å². The van der Waals surface area contributed by atoms with Gasteiger partial charge in [0.25, 0.3) is 0 Å². The molecule has 0 spiro atoms. The summed E-state index contributed by atoms with van der Waals surface area (Å²) < 4.78 is 10.8. The van der Waals surface area contributed by atoms with Crippen molar-refractivity contribution in [3.05, 3.63) is 11.5 Å². The van der Waals surface area contributed by atoms with Crippen LogP contribution in [0.1, 0.15) is 154 Å². The quantitative estimate of drug-likeness (QED) is 0.137. The lowest BCUT2D eigenvalue weighted by Crippen LogP contribution is -2.08. The first-order valence-electron chi connectivity index (χ1n) is 14.1. The van der Waals surface area contributed by atoms with E-state index in [9.17, 15) is 9.90 Å². The molecule has 0 aromatic carbocycles. The fourth-order valence-corrected chi connectivity index (χ4v) is 4.42. The second kappa shape index (κ2) is 20.0. The molecule has 0 fully saturated rings. The summed E-state index contributed by atoms with van der Waals surface area (Å²) >= 11 is 0. The molecule has 4 heteroatoms. The first-order valence-corrected chi connectivity index (χ1v) is 14.1. The van der Waals surface area contributed by atoms with Crippen LogP contribution in [0.15, 0.2) is 4.42 Å². The summed E-state index contributed by atoms with van der Waals surface area (Å²) in [5.74, 6) is 0.809. The fourth-order valence-electron chi connectivity index (χ4n) is 4.42. The van der Waals surface area contributed by atoms with Crippen molar-refractivity contribution in [1.82, 2.24) is 0 Å². The lowest BCUT2D eigenvalue weighted by atomic mass is 10.0. The first kappa shape index (κ1) is 29.6. The van der Waals surface area contributed by atoms with Gasteiger partial charge in [-0.3, -0.25) is 4.79 Å². The second-order valence-corrected chi connectivity index (χ2v) is 9.70. The number of rotatable bonds is 22. The van der Waals surface area contributed by atoms with Crippen LogP contribution >= 0.6 is 0 Å². The van der Waals surface area contributed by atoms with Crippen molar-refractivity contribution < 1.29 is 19.1 Å². The number of aromatic hydroxyl groups is 1. The van der Waals surface area contributed by atoms with Crippen LogP contribution in [-0.4, -0.2) is 11.1 Å². The van der Waals surface area contributed by atoms with E-state index in [2.05, 4.69) is 6.92 Å². The Bertz CT molecular complexity index is 605. The monoisotopic (exact) mass is 464 g/mol. The van der Waals surface area contributed by atoms with Crippen molar-refractivity contribution in [2.24, 2.45) is 0 Å². The number of hydrogen-bond donors (Lipinski definition) is 1. The summed E-state index contributed by atoms with van der Waals surface area (Å²) in [6.07, 6.45) is 26.4. The van der Waals surface area contributed by atoms with Crippen molar-refractivity contribution in [2.75, 3.05) is 0 Å². The molecule has 1 aromatic heterocycles. The van der Waals surface area contributed by atoms with Crippen LogP contribution in [0.3, 0.4) is 0 Å². The van der Waals surface area contributed by atoms with E-state index in [1.807, 2.05) is 6.92 Å². The van der Waals surface area contributed by atoms with Gasteiger partial charge in [-0.2, -0.15) is 0 Å². The summed E-state index contributed by atoms with van der Waals surface area (Å²) in [7, 11) is 0. The maximum atomic E-state index is 12.0. The summed E-state index contributed by atoms with van der Waals surface area (Å²) in [6.45, 7) is 5.86. The van der Waals surface area contributed by atoms with Crippen LogP contribution in [0, 0.1) is 6.92 Å². The number of esters is 1.